The Morgan fingerprint density at radius 2 is 1.70 bits per heavy atom. The number of benzene rings is 2. The number of hydrogen-bond acceptors (Lipinski definition) is 3. The molecule has 0 saturated carbocycles. The van der Waals surface area contributed by atoms with Crippen molar-refractivity contribution < 1.29 is 9.47 Å². The minimum absolute atomic E-state index is 0.722. The summed E-state index contributed by atoms with van der Waals surface area (Å²) in [5.74, 6) is 1.45. The first kappa shape index (κ1) is 14.0. The highest BCUT2D eigenvalue weighted by molar-refractivity contribution is 5.55. The first-order valence-corrected chi connectivity index (χ1v) is 6.44. The first-order chi connectivity index (χ1) is 9.76. The van der Waals surface area contributed by atoms with Gasteiger partial charge in [-0.1, -0.05) is 36.9 Å². The molecule has 3 heteroatoms. The van der Waals surface area contributed by atoms with Crippen LogP contribution in [0.2, 0.25) is 0 Å². The van der Waals surface area contributed by atoms with Crippen LogP contribution in [0.25, 0.3) is 6.08 Å². The zero-order valence-corrected chi connectivity index (χ0v) is 11.8. The van der Waals surface area contributed by atoms with Gasteiger partial charge in [0.25, 0.3) is 0 Å². The fraction of sp³-hybridized carbons (Fsp3) is 0.176. The zero-order valence-electron chi connectivity index (χ0n) is 11.8. The van der Waals surface area contributed by atoms with Gasteiger partial charge in [0, 0.05) is 18.3 Å². The van der Waals surface area contributed by atoms with Crippen LogP contribution in [-0.4, -0.2) is 14.2 Å². The maximum Gasteiger partial charge on any atom is 0.162 e. The Hall–Kier alpha value is -2.42. The van der Waals surface area contributed by atoms with Crippen LogP contribution in [-0.2, 0) is 6.54 Å². The third-order valence-electron chi connectivity index (χ3n) is 3.10. The summed E-state index contributed by atoms with van der Waals surface area (Å²) in [6, 6.07) is 14.1. The average Bonchev–Trinajstić information content (AvgIpc) is 2.53. The Morgan fingerprint density at radius 1 is 1.00 bits per heavy atom. The van der Waals surface area contributed by atoms with Crippen LogP contribution < -0.4 is 14.8 Å². The van der Waals surface area contributed by atoms with Crippen LogP contribution in [0.5, 0.6) is 11.5 Å². The summed E-state index contributed by atoms with van der Waals surface area (Å²) in [7, 11) is 3.27. The van der Waals surface area contributed by atoms with E-state index >= 15 is 0 Å². The van der Waals surface area contributed by atoms with Crippen LogP contribution in [0, 0.1) is 0 Å². The summed E-state index contributed by atoms with van der Waals surface area (Å²) in [6.07, 6.45) is 1.84. The second-order valence-electron chi connectivity index (χ2n) is 4.37. The van der Waals surface area contributed by atoms with Gasteiger partial charge in [-0.2, -0.15) is 0 Å². The van der Waals surface area contributed by atoms with Gasteiger partial charge in [0.2, 0.25) is 0 Å². The van der Waals surface area contributed by atoms with E-state index in [0.717, 1.165) is 29.3 Å². The fourth-order valence-corrected chi connectivity index (χ4v) is 1.92. The molecule has 0 saturated heterocycles. The molecule has 0 unspecified atom stereocenters. The van der Waals surface area contributed by atoms with Gasteiger partial charge in [-0.05, 0) is 23.3 Å². The smallest absolute Gasteiger partial charge is 0.162 e. The summed E-state index contributed by atoms with van der Waals surface area (Å²) in [5, 5.41) is 3.36. The van der Waals surface area contributed by atoms with Gasteiger partial charge < -0.3 is 14.8 Å². The zero-order chi connectivity index (χ0) is 14.4. The molecule has 0 amide bonds. The average molecular weight is 269 g/mol. The van der Waals surface area contributed by atoms with Gasteiger partial charge in [-0.25, -0.2) is 0 Å². The Morgan fingerprint density at radius 3 is 2.30 bits per heavy atom. The van der Waals surface area contributed by atoms with Gasteiger partial charge in [-0.3, -0.25) is 0 Å². The molecule has 0 atom stereocenters. The van der Waals surface area contributed by atoms with Gasteiger partial charge in [0.05, 0.1) is 14.2 Å². The summed E-state index contributed by atoms with van der Waals surface area (Å²) in [5.41, 5.74) is 3.33. The lowest BCUT2D eigenvalue weighted by atomic mass is 10.1. The molecule has 0 radical (unpaired) electrons. The van der Waals surface area contributed by atoms with E-state index in [0.29, 0.717) is 0 Å². The summed E-state index contributed by atoms with van der Waals surface area (Å²) in [4.78, 5) is 0. The van der Waals surface area contributed by atoms with Crippen molar-refractivity contribution in [1.29, 1.82) is 0 Å². The van der Waals surface area contributed by atoms with Crippen LogP contribution in [0.1, 0.15) is 11.1 Å². The van der Waals surface area contributed by atoms with Crippen LogP contribution in [0.3, 0.4) is 0 Å². The lowest BCUT2D eigenvalue weighted by molar-refractivity contribution is 0.355. The van der Waals surface area contributed by atoms with Crippen molar-refractivity contribution in [2.45, 2.75) is 6.54 Å². The molecule has 0 aliphatic carbocycles. The predicted molar refractivity (Wildman–Crippen MR) is 83.4 cm³/mol. The van der Waals surface area contributed by atoms with Crippen LogP contribution in [0.4, 0.5) is 5.69 Å². The highest BCUT2D eigenvalue weighted by Crippen LogP contribution is 2.29. The van der Waals surface area contributed by atoms with Gasteiger partial charge in [0.15, 0.2) is 11.5 Å². The molecule has 2 aromatic carbocycles. The van der Waals surface area contributed by atoms with E-state index < -0.39 is 0 Å². The molecule has 0 fully saturated rings. The monoisotopic (exact) mass is 269 g/mol. The number of hydrogen-bond donors (Lipinski definition) is 1. The topological polar surface area (TPSA) is 30.5 Å². The minimum Gasteiger partial charge on any atom is -0.493 e. The van der Waals surface area contributed by atoms with Gasteiger partial charge >= 0.3 is 0 Å². The maximum atomic E-state index is 5.28. The molecule has 20 heavy (non-hydrogen) atoms. The predicted octanol–water partition coefficient (Wildman–Crippen LogP) is 3.96. The molecule has 3 nitrogen and oxygen atoms in total. The molecule has 0 heterocycles. The summed E-state index contributed by atoms with van der Waals surface area (Å²) in [6.45, 7) is 4.51. The Kier molecular flexibility index (Phi) is 4.66. The highest BCUT2D eigenvalue weighted by atomic mass is 16.5. The lowest BCUT2D eigenvalue weighted by Crippen LogP contribution is -2.00. The molecule has 0 spiro atoms. The van der Waals surface area contributed by atoms with Crippen molar-refractivity contribution in [1.82, 2.24) is 0 Å². The molecule has 0 aromatic heterocycles. The Bertz CT molecular complexity index is 576. The van der Waals surface area contributed by atoms with E-state index in [1.165, 1.54) is 5.56 Å². The van der Waals surface area contributed by atoms with Crippen LogP contribution >= 0.6 is 0 Å². The minimum atomic E-state index is 0.722. The van der Waals surface area contributed by atoms with E-state index in [9.17, 15) is 0 Å². The summed E-state index contributed by atoms with van der Waals surface area (Å²) < 4.78 is 10.5. The van der Waals surface area contributed by atoms with Crippen molar-refractivity contribution in [2.75, 3.05) is 19.5 Å². The van der Waals surface area contributed by atoms with E-state index in [4.69, 9.17) is 9.47 Å². The van der Waals surface area contributed by atoms with Crippen molar-refractivity contribution in [3.63, 3.8) is 0 Å². The third-order valence-corrected chi connectivity index (χ3v) is 3.10. The number of ether oxygens (including phenoxy) is 2. The second kappa shape index (κ2) is 6.66. The second-order valence-corrected chi connectivity index (χ2v) is 4.37. The SMILES string of the molecule is C=Cc1ccc(CNc2ccc(OC)c(OC)c2)cc1. The standard InChI is InChI=1S/C17H19NO2/c1-4-13-5-7-14(8-6-13)12-18-15-9-10-16(19-2)17(11-15)20-3/h4-11,18H,1,12H2,2-3H3. The third kappa shape index (κ3) is 3.32. The van der Waals surface area contributed by atoms with Crippen molar-refractivity contribution in [3.05, 3.63) is 60.2 Å². The first-order valence-electron chi connectivity index (χ1n) is 6.44. The largest absolute Gasteiger partial charge is 0.493 e. The fourth-order valence-electron chi connectivity index (χ4n) is 1.92. The number of anilines is 1. The molecule has 0 bridgehead atoms. The van der Waals surface area contributed by atoms with Gasteiger partial charge in [-0.15, -0.1) is 0 Å². The summed E-state index contributed by atoms with van der Waals surface area (Å²) >= 11 is 0. The molecule has 2 aromatic rings. The van der Waals surface area contributed by atoms with Crippen LogP contribution in [0.15, 0.2) is 49.0 Å². The highest BCUT2D eigenvalue weighted by Gasteiger charge is 2.04. The molecule has 0 aliphatic heterocycles. The van der Waals surface area contributed by atoms with E-state index in [-0.39, 0.29) is 0 Å². The van der Waals surface area contributed by atoms with Crippen molar-refractivity contribution >= 4 is 11.8 Å². The molecule has 2 rings (SSSR count). The van der Waals surface area contributed by atoms with E-state index in [1.807, 2.05) is 24.3 Å². The number of methoxy groups -OCH3 is 2. The molecule has 104 valence electrons. The normalized spacial score (nSPS) is 9.90. The number of nitrogens with one attached hydrogen (secondary N) is 1. The van der Waals surface area contributed by atoms with Gasteiger partial charge in [0.1, 0.15) is 0 Å². The number of rotatable bonds is 6. The maximum absolute atomic E-state index is 5.28. The Labute approximate surface area is 119 Å². The molecule has 0 aliphatic rings. The molecular formula is C17H19NO2. The van der Waals surface area contributed by atoms with Crippen molar-refractivity contribution in [2.24, 2.45) is 0 Å². The Balaban J connectivity index is 2.04. The van der Waals surface area contributed by atoms with Crippen molar-refractivity contribution in [3.8, 4) is 11.5 Å². The lowest BCUT2D eigenvalue weighted by Gasteiger charge is -2.11. The quantitative estimate of drug-likeness (QED) is 0.861. The van der Waals surface area contributed by atoms with E-state index in [2.05, 4.69) is 36.2 Å². The molecule has 1 N–H and O–H groups in total. The molecular weight excluding hydrogens is 250 g/mol. The van der Waals surface area contributed by atoms with E-state index in [1.54, 1.807) is 14.2 Å².